The number of carbonyl (C=O) groups is 2. The molecule has 0 aliphatic carbocycles. The van der Waals surface area contributed by atoms with E-state index in [9.17, 15) is 9.59 Å². The Kier molecular flexibility index (Phi) is 8.47. The molecule has 6 nitrogen and oxygen atoms in total. The Balaban J connectivity index is 1.75. The fourth-order valence-corrected chi connectivity index (χ4v) is 3.56. The molecule has 172 valence electrons. The Morgan fingerprint density at radius 1 is 0.848 bits per heavy atom. The van der Waals surface area contributed by atoms with E-state index in [0.29, 0.717) is 18.8 Å². The van der Waals surface area contributed by atoms with Gasteiger partial charge in [0.15, 0.2) is 0 Å². The Labute approximate surface area is 195 Å². The molecular weight excluding hydrogens is 416 g/mol. The van der Waals surface area contributed by atoms with Gasteiger partial charge in [-0.05, 0) is 36.2 Å². The summed E-state index contributed by atoms with van der Waals surface area (Å²) in [5.74, 6) is 1.11. The third-order valence-electron chi connectivity index (χ3n) is 5.52. The van der Waals surface area contributed by atoms with Crippen LogP contribution in [0.5, 0.6) is 11.5 Å². The first-order chi connectivity index (χ1) is 16.0. The maximum Gasteiger partial charge on any atom is 0.242 e. The molecule has 0 aromatic heterocycles. The number of nitrogens with one attached hydrogen (secondary N) is 1. The molecule has 0 aliphatic rings. The van der Waals surface area contributed by atoms with Gasteiger partial charge in [-0.15, -0.1) is 0 Å². The van der Waals surface area contributed by atoms with Gasteiger partial charge >= 0.3 is 0 Å². The predicted molar refractivity (Wildman–Crippen MR) is 128 cm³/mol. The molecule has 33 heavy (non-hydrogen) atoms. The summed E-state index contributed by atoms with van der Waals surface area (Å²) >= 11 is 0. The highest BCUT2D eigenvalue weighted by atomic mass is 16.5. The average Bonchev–Trinajstić information content (AvgIpc) is 2.86. The Hall–Kier alpha value is -3.80. The maximum absolute atomic E-state index is 13.3. The van der Waals surface area contributed by atoms with Crippen LogP contribution in [0.15, 0.2) is 78.9 Å². The minimum atomic E-state index is -0.655. The van der Waals surface area contributed by atoms with Gasteiger partial charge in [-0.2, -0.15) is 0 Å². The lowest BCUT2D eigenvalue weighted by Crippen LogP contribution is -2.48. The highest BCUT2D eigenvalue weighted by Gasteiger charge is 2.26. The molecule has 2 amide bonds. The van der Waals surface area contributed by atoms with Gasteiger partial charge in [0.2, 0.25) is 11.8 Å². The van der Waals surface area contributed by atoms with Crippen LogP contribution < -0.4 is 14.8 Å². The van der Waals surface area contributed by atoms with Gasteiger partial charge in [0.05, 0.1) is 20.6 Å². The van der Waals surface area contributed by atoms with Crippen molar-refractivity contribution >= 4 is 11.8 Å². The molecule has 0 fully saturated rings. The van der Waals surface area contributed by atoms with Gasteiger partial charge in [0.1, 0.15) is 17.5 Å². The van der Waals surface area contributed by atoms with E-state index >= 15 is 0 Å². The summed E-state index contributed by atoms with van der Waals surface area (Å²) in [7, 11) is 3.21. The van der Waals surface area contributed by atoms with Crippen LogP contribution in [-0.4, -0.2) is 37.0 Å². The molecule has 1 atom stereocenters. The number of amides is 2. The van der Waals surface area contributed by atoms with Gasteiger partial charge in [-0.3, -0.25) is 9.59 Å². The maximum atomic E-state index is 13.3. The van der Waals surface area contributed by atoms with Crippen LogP contribution in [0.1, 0.15) is 23.6 Å². The third-order valence-corrected chi connectivity index (χ3v) is 5.52. The van der Waals surface area contributed by atoms with E-state index in [1.54, 1.807) is 26.0 Å². The molecule has 0 radical (unpaired) electrons. The lowest BCUT2D eigenvalue weighted by atomic mass is 10.1. The molecule has 6 heteroatoms. The molecule has 3 aromatic rings. The molecule has 0 saturated heterocycles. The summed E-state index contributed by atoms with van der Waals surface area (Å²) in [5.41, 5.74) is 2.70. The van der Waals surface area contributed by atoms with Crippen LogP contribution in [0, 0.1) is 0 Å². The van der Waals surface area contributed by atoms with E-state index in [-0.39, 0.29) is 18.2 Å². The zero-order valence-corrected chi connectivity index (χ0v) is 19.3. The minimum absolute atomic E-state index is 0.114. The fraction of sp³-hybridized carbons (Fsp3) is 0.259. The number of methoxy groups -OCH3 is 2. The summed E-state index contributed by atoms with van der Waals surface area (Å²) in [6.07, 6.45) is 0.223. The largest absolute Gasteiger partial charge is 0.497 e. The van der Waals surface area contributed by atoms with Gasteiger partial charge in [-0.1, -0.05) is 60.7 Å². The van der Waals surface area contributed by atoms with Gasteiger partial charge in [0, 0.05) is 18.7 Å². The van der Waals surface area contributed by atoms with Crippen LogP contribution >= 0.6 is 0 Å². The third kappa shape index (κ3) is 6.59. The monoisotopic (exact) mass is 446 g/mol. The number of rotatable bonds is 10. The molecule has 0 spiro atoms. The Bertz CT molecular complexity index is 1050. The minimum Gasteiger partial charge on any atom is -0.497 e. The number of carbonyl (C=O) groups excluding carboxylic acids is 2. The number of para-hydroxylation sites is 1. The van der Waals surface area contributed by atoms with Crippen molar-refractivity contribution in [1.29, 1.82) is 0 Å². The van der Waals surface area contributed by atoms with Crippen molar-refractivity contribution < 1.29 is 19.1 Å². The lowest BCUT2D eigenvalue weighted by molar-refractivity contribution is -0.140. The predicted octanol–water partition coefficient (Wildman–Crippen LogP) is 3.98. The van der Waals surface area contributed by atoms with Crippen molar-refractivity contribution in [2.75, 3.05) is 14.2 Å². The first-order valence-electron chi connectivity index (χ1n) is 10.9. The van der Waals surface area contributed by atoms with Crippen molar-refractivity contribution in [3.8, 4) is 11.5 Å². The van der Waals surface area contributed by atoms with Crippen molar-refractivity contribution in [2.24, 2.45) is 0 Å². The zero-order valence-electron chi connectivity index (χ0n) is 19.3. The molecule has 3 rings (SSSR count). The van der Waals surface area contributed by atoms with E-state index in [0.717, 1.165) is 22.4 Å². The second kappa shape index (κ2) is 11.7. The van der Waals surface area contributed by atoms with Crippen LogP contribution in [0.3, 0.4) is 0 Å². The van der Waals surface area contributed by atoms with Crippen LogP contribution in [0.25, 0.3) is 0 Å². The summed E-state index contributed by atoms with van der Waals surface area (Å²) in [6.45, 7) is 2.39. The molecule has 0 aliphatic heterocycles. The quantitative estimate of drug-likeness (QED) is 0.512. The van der Waals surface area contributed by atoms with Crippen molar-refractivity contribution in [3.63, 3.8) is 0 Å². The van der Waals surface area contributed by atoms with E-state index in [4.69, 9.17) is 9.47 Å². The zero-order chi connectivity index (χ0) is 23.6. The SMILES string of the molecule is COc1ccc(CN(C(=O)Cc2ccccc2)C(C)C(=O)NCc2ccccc2OC)cc1. The van der Waals surface area contributed by atoms with Gasteiger partial charge in [-0.25, -0.2) is 0 Å². The van der Waals surface area contributed by atoms with Crippen LogP contribution in [-0.2, 0) is 29.1 Å². The van der Waals surface area contributed by atoms with Crippen LogP contribution in [0.4, 0.5) is 0 Å². The molecule has 0 bridgehead atoms. The second-order valence-corrected chi connectivity index (χ2v) is 7.74. The molecule has 1 unspecified atom stereocenters. The van der Waals surface area contributed by atoms with E-state index in [1.807, 2.05) is 78.9 Å². The summed E-state index contributed by atoms with van der Waals surface area (Å²) < 4.78 is 10.6. The Morgan fingerprint density at radius 3 is 2.18 bits per heavy atom. The molecule has 1 N–H and O–H groups in total. The molecule has 0 heterocycles. The van der Waals surface area contributed by atoms with E-state index in [1.165, 1.54) is 0 Å². The van der Waals surface area contributed by atoms with Crippen molar-refractivity contribution in [1.82, 2.24) is 10.2 Å². The number of hydrogen-bond donors (Lipinski definition) is 1. The van der Waals surface area contributed by atoms with Crippen LogP contribution in [0.2, 0.25) is 0 Å². The first kappa shape index (κ1) is 23.9. The number of hydrogen-bond acceptors (Lipinski definition) is 4. The molecular formula is C27H30N2O4. The lowest BCUT2D eigenvalue weighted by Gasteiger charge is -2.29. The second-order valence-electron chi connectivity index (χ2n) is 7.74. The fourth-order valence-electron chi connectivity index (χ4n) is 3.56. The highest BCUT2D eigenvalue weighted by molar-refractivity contribution is 5.88. The smallest absolute Gasteiger partial charge is 0.242 e. The van der Waals surface area contributed by atoms with E-state index < -0.39 is 6.04 Å². The standard InChI is InChI=1S/C27H30N2O4/c1-20(27(31)28-18-23-11-7-8-12-25(23)33-3)29(19-22-13-15-24(32-2)16-14-22)26(30)17-21-9-5-4-6-10-21/h4-16,20H,17-19H2,1-3H3,(H,28,31). The number of benzene rings is 3. The topological polar surface area (TPSA) is 67.9 Å². The van der Waals surface area contributed by atoms with E-state index in [2.05, 4.69) is 5.32 Å². The van der Waals surface area contributed by atoms with Crippen molar-refractivity contribution in [3.05, 3.63) is 95.6 Å². The summed E-state index contributed by atoms with van der Waals surface area (Å²) in [5, 5.41) is 2.94. The highest BCUT2D eigenvalue weighted by Crippen LogP contribution is 2.18. The summed E-state index contributed by atoms with van der Waals surface area (Å²) in [4.78, 5) is 27.9. The average molecular weight is 447 g/mol. The first-order valence-corrected chi connectivity index (χ1v) is 10.9. The molecule has 0 saturated carbocycles. The number of nitrogens with zero attached hydrogens (tertiary/aromatic N) is 1. The normalized spacial score (nSPS) is 11.4. The number of ether oxygens (including phenoxy) is 2. The molecule has 3 aromatic carbocycles. The van der Waals surface area contributed by atoms with Crippen molar-refractivity contribution in [2.45, 2.75) is 32.5 Å². The Morgan fingerprint density at radius 2 is 1.52 bits per heavy atom. The van der Waals surface area contributed by atoms with Gasteiger partial charge < -0.3 is 19.7 Å². The summed E-state index contributed by atoms with van der Waals surface area (Å²) in [6, 6.07) is 23.9. The van der Waals surface area contributed by atoms with Gasteiger partial charge in [0.25, 0.3) is 0 Å².